The number of amides is 1. The van der Waals surface area contributed by atoms with Crippen molar-refractivity contribution in [3.8, 4) is 5.75 Å². The van der Waals surface area contributed by atoms with Gasteiger partial charge in [-0.1, -0.05) is 19.9 Å². The zero-order valence-corrected chi connectivity index (χ0v) is 18.8. The van der Waals surface area contributed by atoms with E-state index >= 15 is 0 Å². The highest BCUT2D eigenvalue weighted by atomic mass is 19.4. The third-order valence-corrected chi connectivity index (χ3v) is 5.56. The van der Waals surface area contributed by atoms with Gasteiger partial charge in [-0.2, -0.15) is 13.2 Å². The summed E-state index contributed by atoms with van der Waals surface area (Å²) in [6.45, 7) is 3.21. The molecule has 2 aromatic carbocycles. The van der Waals surface area contributed by atoms with E-state index < -0.39 is 36.0 Å². The number of aromatic hydroxyl groups is 1. The molecule has 0 bridgehead atoms. The SMILES string of the molecule is CC(=O)Nc1ccc2c(NCC(O)(CC(C)(C)c3cc(F)ccc3O)C(F)(F)F)cccc2n1. The van der Waals surface area contributed by atoms with Crippen molar-refractivity contribution in [2.75, 3.05) is 17.2 Å². The number of fused-ring (bicyclic) bond motifs is 1. The number of hydrogen-bond acceptors (Lipinski definition) is 5. The quantitative estimate of drug-likeness (QED) is 0.353. The first-order valence-electron chi connectivity index (χ1n) is 10.4. The number of anilines is 2. The molecule has 0 saturated carbocycles. The standard InChI is InChI=1S/C24H25F4N3O3/c1-14(32)30-21-10-8-16-18(5-4-6-19(16)31-21)29-13-23(34,24(26,27)28)12-22(2,3)17-11-15(25)7-9-20(17)33/h4-11,29,33-34H,12-13H2,1-3H3,(H,30,31,32). The number of nitrogens with one attached hydrogen (secondary N) is 2. The van der Waals surface area contributed by atoms with E-state index in [4.69, 9.17) is 0 Å². The van der Waals surface area contributed by atoms with E-state index in [0.717, 1.165) is 18.2 Å². The van der Waals surface area contributed by atoms with Gasteiger partial charge in [-0.05, 0) is 54.3 Å². The Balaban J connectivity index is 1.90. The second-order valence-corrected chi connectivity index (χ2v) is 8.85. The lowest BCUT2D eigenvalue weighted by Gasteiger charge is -2.38. The highest BCUT2D eigenvalue weighted by molar-refractivity contribution is 5.94. The molecule has 0 saturated heterocycles. The lowest BCUT2D eigenvalue weighted by molar-refractivity contribution is -0.260. The van der Waals surface area contributed by atoms with Crippen molar-refractivity contribution in [2.24, 2.45) is 0 Å². The maximum Gasteiger partial charge on any atom is 0.418 e. The second-order valence-electron chi connectivity index (χ2n) is 8.85. The van der Waals surface area contributed by atoms with E-state index in [2.05, 4.69) is 15.6 Å². The summed E-state index contributed by atoms with van der Waals surface area (Å²) in [7, 11) is 0. The third-order valence-electron chi connectivity index (χ3n) is 5.56. The molecule has 1 unspecified atom stereocenters. The van der Waals surface area contributed by atoms with Crippen LogP contribution in [0.5, 0.6) is 5.75 Å². The van der Waals surface area contributed by atoms with E-state index in [1.165, 1.54) is 26.8 Å². The second kappa shape index (κ2) is 9.09. The van der Waals surface area contributed by atoms with Crippen LogP contribution >= 0.6 is 0 Å². The molecule has 0 radical (unpaired) electrons. The summed E-state index contributed by atoms with van der Waals surface area (Å²) < 4.78 is 55.8. The van der Waals surface area contributed by atoms with Gasteiger partial charge in [0.1, 0.15) is 17.4 Å². The number of aromatic nitrogens is 1. The van der Waals surface area contributed by atoms with Gasteiger partial charge in [0, 0.05) is 23.6 Å². The molecule has 0 aliphatic heterocycles. The van der Waals surface area contributed by atoms with Crippen molar-refractivity contribution in [2.45, 2.75) is 44.4 Å². The number of pyridine rings is 1. The van der Waals surface area contributed by atoms with E-state index in [1.807, 2.05) is 0 Å². The van der Waals surface area contributed by atoms with Gasteiger partial charge in [0.25, 0.3) is 0 Å². The molecule has 34 heavy (non-hydrogen) atoms. The van der Waals surface area contributed by atoms with Crippen LogP contribution in [0, 0.1) is 5.82 Å². The number of rotatable bonds is 7. The van der Waals surface area contributed by atoms with Crippen LogP contribution in [0.25, 0.3) is 10.9 Å². The molecule has 0 aliphatic rings. The molecule has 1 amide bonds. The highest BCUT2D eigenvalue weighted by Crippen LogP contribution is 2.43. The molecule has 3 aromatic rings. The van der Waals surface area contributed by atoms with Crippen LogP contribution < -0.4 is 10.6 Å². The number of carbonyl (C=O) groups is 1. The number of carbonyl (C=O) groups excluding carboxylic acids is 1. The maximum atomic E-state index is 14.0. The predicted octanol–water partition coefficient (Wildman–Crippen LogP) is 5.11. The smallest absolute Gasteiger partial charge is 0.418 e. The number of benzene rings is 2. The van der Waals surface area contributed by atoms with Crippen molar-refractivity contribution < 1.29 is 32.6 Å². The first kappa shape index (κ1) is 25.2. The molecule has 4 N–H and O–H groups in total. The zero-order valence-electron chi connectivity index (χ0n) is 18.8. The topological polar surface area (TPSA) is 94.5 Å². The molecular weight excluding hydrogens is 454 g/mol. The first-order chi connectivity index (χ1) is 15.7. The van der Waals surface area contributed by atoms with Gasteiger partial charge in [-0.15, -0.1) is 0 Å². The molecule has 1 atom stereocenters. The van der Waals surface area contributed by atoms with Crippen LogP contribution in [-0.4, -0.2) is 39.4 Å². The monoisotopic (exact) mass is 479 g/mol. The molecule has 3 rings (SSSR count). The molecule has 1 heterocycles. The largest absolute Gasteiger partial charge is 0.508 e. The van der Waals surface area contributed by atoms with Crippen molar-refractivity contribution in [3.63, 3.8) is 0 Å². The Bertz CT molecular complexity index is 1210. The highest BCUT2D eigenvalue weighted by Gasteiger charge is 2.56. The number of phenolic OH excluding ortho intramolecular Hbond substituents is 1. The van der Waals surface area contributed by atoms with Crippen LogP contribution in [0.1, 0.15) is 32.8 Å². The van der Waals surface area contributed by atoms with Gasteiger partial charge in [-0.25, -0.2) is 9.37 Å². The first-order valence-corrected chi connectivity index (χ1v) is 10.4. The number of nitrogens with zero attached hydrogens (tertiary/aromatic N) is 1. The fraction of sp³-hybridized carbons (Fsp3) is 0.333. The molecule has 1 aromatic heterocycles. The van der Waals surface area contributed by atoms with Crippen LogP contribution in [0.15, 0.2) is 48.5 Å². The summed E-state index contributed by atoms with van der Waals surface area (Å²) in [5, 5.41) is 26.5. The summed E-state index contributed by atoms with van der Waals surface area (Å²) in [5.41, 5.74) is -3.95. The molecule has 10 heteroatoms. The van der Waals surface area contributed by atoms with Crippen LogP contribution in [0.3, 0.4) is 0 Å². The molecule has 0 aliphatic carbocycles. The Labute approximate surface area is 193 Å². The fourth-order valence-electron chi connectivity index (χ4n) is 3.94. The normalized spacial score (nSPS) is 14.0. The van der Waals surface area contributed by atoms with Crippen molar-refractivity contribution in [1.29, 1.82) is 0 Å². The van der Waals surface area contributed by atoms with Crippen LogP contribution in [-0.2, 0) is 10.2 Å². The fourth-order valence-corrected chi connectivity index (χ4v) is 3.94. The molecule has 0 spiro atoms. The average Bonchev–Trinajstić information content (AvgIpc) is 2.72. The number of phenols is 1. The Morgan fingerprint density at radius 1 is 1.09 bits per heavy atom. The van der Waals surface area contributed by atoms with Gasteiger partial charge in [0.05, 0.1) is 12.1 Å². The molecule has 182 valence electrons. The number of alkyl halides is 3. The summed E-state index contributed by atoms with van der Waals surface area (Å²) >= 11 is 0. The third kappa shape index (κ3) is 5.39. The lowest BCUT2D eigenvalue weighted by atomic mass is 9.74. The van der Waals surface area contributed by atoms with Crippen LogP contribution in [0.4, 0.5) is 29.1 Å². The Kier molecular flexibility index (Phi) is 6.75. The number of halogens is 4. The van der Waals surface area contributed by atoms with Crippen LogP contribution in [0.2, 0.25) is 0 Å². The molecule has 6 nitrogen and oxygen atoms in total. The van der Waals surface area contributed by atoms with Crippen molar-refractivity contribution in [3.05, 3.63) is 59.9 Å². The van der Waals surface area contributed by atoms with Gasteiger partial charge < -0.3 is 20.8 Å². The zero-order chi connectivity index (χ0) is 25.3. The summed E-state index contributed by atoms with van der Waals surface area (Å²) in [4.78, 5) is 15.5. The summed E-state index contributed by atoms with van der Waals surface area (Å²) in [5.74, 6) is -1.10. The minimum absolute atomic E-state index is 0.0463. The van der Waals surface area contributed by atoms with E-state index in [9.17, 15) is 32.6 Å². The van der Waals surface area contributed by atoms with Gasteiger partial charge in [0.2, 0.25) is 5.91 Å². The molecule has 0 fully saturated rings. The minimum Gasteiger partial charge on any atom is -0.508 e. The Morgan fingerprint density at radius 2 is 1.79 bits per heavy atom. The molecular formula is C24H25F4N3O3. The Hall–Kier alpha value is -3.40. The van der Waals surface area contributed by atoms with Gasteiger partial charge in [-0.3, -0.25) is 4.79 Å². The van der Waals surface area contributed by atoms with E-state index in [1.54, 1.807) is 24.3 Å². The number of aliphatic hydroxyl groups is 1. The van der Waals surface area contributed by atoms with Gasteiger partial charge in [0.15, 0.2) is 5.60 Å². The summed E-state index contributed by atoms with van der Waals surface area (Å²) in [6, 6.07) is 10.9. The maximum absolute atomic E-state index is 14.0. The lowest BCUT2D eigenvalue weighted by Crippen LogP contribution is -2.53. The average molecular weight is 479 g/mol. The predicted molar refractivity (Wildman–Crippen MR) is 121 cm³/mol. The van der Waals surface area contributed by atoms with E-state index in [0.29, 0.717) is 22.4 Å². The minimum atomic E-state index is -5.03. The van der Waals surface area contributed by atoms with E-state index in [-0.39, 0.29) is 17.2 Å². The van der Waals surface area contributed by atoms with Crippen molar-refractivity contribution in [1.82, 2.24) is 4.98 Å². The summed E-state index contributed by atoms with van der Waals surface area (Å²) in [6.07, 6.45) is -5.87. The Morgan fingerprint density at radius 3 is 2.44 bits per heavy atom. The van der Waals surface area contributed by atoms with Crippen molar-refractivity contribution >= 4 is 28.3 Å². The number of hydrogen-bond donors (Lipinski definition) is 4. The van der Waals surface area contributed by atoms with Gasteiger partial charge >= 0.3 is 6.18 Å².